The van der Waals surface area contributed by atoms with Crippen LogP contribution in [-0.2, 0) is 0 Å². The lowest BCUT2D eigenvalue weighted by atomic mass is 9.94. The Morgan fingerprint density at radius 2 is 2.05 bits per heavy atom. The predicted octanol–water partition coefficient (Wildman–Crippen LogP) is 1.57. The Hall–Kier alpha value is -1.95. The number of rotatable bonds is 3. The molecule has 0 saturated carbocycles. The van der Waals surface area contributed by atoms with Gasteiger partial charge in [0, 0.05) is 19.0 Å². The molecule has 1 aliphatic rings. The largest absolute Gasteiger partial charge is 0.393 e. The lowest BCUT2D eigenvalue weighted by Crippen LogP contribution is -2.40. The third kappa shape index (κ3) is 2.90. The molecule has 6 heteroatoms. The maximum atomic E-state index is 9.82. The van der Waals surface area contributed by atoms with Crippen LogP contribution >= 0.6 is 0 Å². The normalized spacial score (nSPS) is 20.5. The SMILES string of the molecule is Cc1ccc(-n2nnnc2N2CCCC(C(C)O)C2)cc1. The van der Waals surface area contributed by atoms with Crippen LogP contribution in [0, 0.1) is 12.8 Å². The van der Waals surface area contributed by atoms with Gasteiger partial charge >= 0.3 is 0 Å². The lowest BCUT2D eigenvalue weighted by Gasteiger charge is -2.34. The van der Waals surface area contributed by atoms with Crippen LogP contribution in [0.3, 0.4) is 0 Å². The van der Waals surface area contributed by atoms with E-state index in [-0.39, 0.29) is 12.0 Å². The first-order chi connectivity index (χ1) is 10.1. The zero-order valence-corrected chi connectivity index (χ0v) is 12.5. The maximum Gasteiger partial charge on any atom is 0.250 e. The van der Waals surface area contributed by atoms with Crippen LogP contribution in [0.1, 0.15) is 25.3 Å². The van der Waals surface area contributed by atoms with Crippen molar-refractivity contribution in [2.24, 2.45) is 5.92 Å². The van der Waals surface area contributed by atoms with Crippen LogP contribution in [0.25, 0.3) is 5.69 Å². The van der Waals surface area contributed by atoms with Crippen molar-refractivity contribution >= 4 is 5.95 Å². The first-order valence-corrected chi connectivity index (χ1v) is 7.43. The Bertz CT molecular complexity index is 592. The standard InChI is InChI=1S/C15H21N5O/c1-11-5-7-14(8-6-11)20-15(16-17-18-20)19-9-3-4-13(10-19)12(2)21/h5-8,12-13,21H,3-4,9-10H2,1-2H3. The fraction of sp³-hybridized carbons (Fsp3) is 0.533. The Labute approximate surface area is 124 Å². The number of anilines is 1. The van der Waals surface area contributed by atoms with Crippen molar-refractivity contribution in [1.82, 2.24) is 20.2 Å². The highest BCUT2D eigenvalue weighted by Crippen LogP contribution is 2.24. The molecule has 2 atom stereocenters. The fourth-order valence-corrected chi connectivity index (χ4v) is 2.82. The van der Waals surface area contributed by atoms with Crippen LogP contribution < -0.4 is 4.90 Å². The van der Waals surface area contributed by atoms with Gasteiger partial charge in [-0.05, 0) is 49.2 Å². The maximum absolute atomic E-state index is 9.82. The van der Waals surface area contributed by atoms with E-state index in [4.69, 9.17) is 0 Å². The number of tetrazole rings is 1. The minimum absolute atomic E-state index is 0.280. The molecule has 1 aromatic heterocycles. The van der Waals surface area contributed by atoms with E-state index in [9.17, 15) is 5.11 Å². The fourth-order valence-electron chi connectivity index (χ4n) is 2.82. The van der Waals surface area contributed by atoms with Crippen LogP contribution in [0.4, 0.5) is 5.95 Å². The zero-order chi connectivity index (χ0) is 14.8. The van der Waals surface area contributed by atoms with Gasteiger partial charge in [0.1, 0.15) is 0 Å². The quantitative estimate of drug-likeness (QED) is 0.928. The van der Waals surface area contributed by atoms with Crippen molar-refractivity contribution in [2.45, 2.75) is 32.8 Å². The Morgan fingerprint density at radius 3 is 2.76 bits per heavy atom. The lowest BCUT2D eigenvalue weighted by molar-refractivity contribution is 0.114. The van der Waals surface area contributed by atoms with Crippen LogP contribution in [0.5, 0.6) is 0 Å². The molecule has 1 saturated heterocycles. The molecule has 0 radical (unpaired) electrons. The van der Waals surface area contributed by atoms with Gasteiger partial charge in [-0.25, -0.2) is 0 Å². The molecule has 1 aliphatic heterocycles. The highest BCUT2D eigenvalue weighted by atomic mass is 16.3. The molecular formula is C15H21N5O. The number of piperidine rings is 1. The van der Waals surface area contributed by atoms with Crippen molar-refractivity contribution in [3.8, 4) is 5.69 Å². The van der Waals surface area contributed by atoms with Gasteiger partial charge in [0.2, 0.25) is 5.95 Å². The summed E-state index contributed by atoms with van der Waals surface area (Å²) in [6.07, 6.45) is 1.81. The van der Waals surface area contributed by atoms with Gasteiger partial charge < -0.3 is 10.0 Å². The van der Waals surface area contributed by atoms with E-state index in [1.54, 1.807) is 4.68 Å². The first kappa shape index (κ1) is 14.0. The first-order valence-electron chi connectivity index (χ1n) is 7.43. The summed E-state index contributed by atoms with van der Waals surface area (Å²) in [5.41, 5.74) is 2.17. The van der Waals surface area contributed by atoms with E-state index in [1.807, 2.05) is 19.1 Å². The van der Waals surface area contributed by atoms with Gasteiger partial charge in [-0.15, -0.1) is 0 Å². The Morgan fingerprint density at radius 1 is 1.29 bits per heavy atom. The molecule has 21 heavy (non-hydrogen) atoms. The average Bonchev–Trinajstić information content (AvgIpc) is 2.97. The summed E-state index contributed by atoms with van der Waals surface area (Å²) in [6, 6.07) is 8.14. The molecule has 112 valence electrons. The molecular weight excluding hydrogens is 266 g/mol. The van der Waals surface area contributed by atoms with Gasteiger partial charge in [-0.2, -0.15) is 4.68 Å². The summed E-state index contributed by atoms with van der Waals surface area (Å²) in [6.45, 7) is 5.64. The van der Waals surface area contributed by atoms with Crippen molar-refractivity contribution in [1.29, 1.82) is 0 Å². The number of aliphatic hydroxyl groups is 1. The van der Waals surface area contributed by atoms with Gasteiger partial charge in [-0.3, -0.25) is 0 Å². The second kappa shape index (κ2) is 5.81. The summed E-state index contributed by atoms with van der Waals surface area (Å²) in [5.74, 6) is 1.03. The predicted molar refractivity (Wildman–Crippen MR) is 80.5 cm³/mol. The van der Waals surface area contributed by atoms with Gasteiger partial charge in [0.05, 0.1) is 11.8 Å². The Balaban J connectivity index is 1.86. The van der Waals surface area contributed by atoms with Crippen molar-refractivity contribution in [2.75, 3.05) is 18.0 Å². The minimum atomic E-state index is -0.295. The smallest absolute Gasteiger partial charge is 0.250 e. The van der Waals surface area contributed by atoms with E-state index >= 15 is 0 Å². The monoisotopic (exact) mass is 287 g/mol. The second-order valence-corrected chi connectivity index (χ2v) is 5.82. The van der Waals surface area contributed by atoms with E-state index in [0.717, 1.165) is 37.6 Å². The molecule has 0 bridgehead atoms. The van der Waals surface area contributed by atoms with E-state index in [0.29, 0.717) is 0 Å². The molecule has 1 fully saturated rings. The molecule has 6 nitrogen and oxygen atoms in total. The number of hydrogen-bond donors (Lipinski definition) is 1. The van der Waals surface area contributed by atoms with Gasteiger partial charge in [0.15, 0.2) is 0 Å². The molecule has 0 amide bonds. The van der Waals surface area contributed by atoms with Crippen molar-refractivity contribution in [3.63, 3.8) is 0 Å². The number of aryl methyl sites for hydroxylation is 1. The summed E-state index contributed by atoms with van der Waals surface area (Å²) < 4.78 is 1.77. The van der Waals surface area contributed by atoms with E-state index in [2.05, 4.69) is 39.5 Å². The highest BCUT2D eigenvalue weighted by Gasteiger charge is 2.26. The molecule has 1 N–H and O–H groups in total. The number of aliphatic hydroxyl groups excluding tert-OH is 1. The molecule has 0 spiro atoms. The average molecular weight is 287 g/mol. The van der Waals surface area contributed by atoms with Crippen molar-refractivity contribution < 1.29 is 5.11 Å². The highest BCUT2D eigenvalue weighted by molar-refractivity contribution is 5.42. The minimum Gasteiger partial charge on any atom is -0.393 e. The Kier molecular flexibility index (Phi) is 3.88. The topological polar surface area (TPSA) is 67.1 Å². The summed E-state index contributed by atoms with van der Waals surface area (Å²) in [7, 11) is 0. The second-order valence-electron chi connectivity index (χ2n) is 5.82. The molecule has 3 rings (SSSR count). The number of hydrogen-bond acceptors (Lipinski definition) is 5. The third-order valence-corrected chi connectivity index (χ3v) is 4.15. The van der Waals surface area contributed by atoms with Crippen LogP contribution in [0.15, 0.2) is 24.3 Å². The third-order valence-electron chi connectivity index (χ3n) is 4.15. The number of nitrogens with zero attached hydrogens (tertiary/aromatic N) is 5. The van der Waals surface area contributed by atoms with Gasteiger partial charge in [0.25, 0.3) is 0 Å². The summed E-state index contributed by atoms with van der Waals surface area (Å²) >= 11 is 0. The van der Waals surface area contributed by atoms with E-state index < -0.39 is 0 Å². The molecule has 0 aliphatic carbocycles. The number of aromatic nitrogens is 4. The summed E-state index contributed by atoms with van der Waals surface area (Å²) in [4.78, 5) is 2.17. The zero-order valence-electron chi connectivity index (χ0n) is 12.5. The van der Waals surface area contributed by atoms with Gasteiger partial charge in [-0.1, -0.05) is 22.8 Å². The molecule has 2 heterocycles. The van der Waals surface area contributed by atoms with E-state index in [1.165, 1.54) is 5.56 Å². The molecule has 2 aromatic rings. The van der Waals surface area contributed by atoms with Crippen LogP contribution in [-0.4, -0.2) is 44.5 Å². The van der Waals surface area contributed by atoms with Crippen LogP contribution in [0.2, 0.25) is 0 Å². The molecule has 1 aromatic carbocycles. The van der Waals surface area contributed by atoms with Crippen molar-refractivity contribution in [3.05, 3.63) is 29.8 Å². The number of benzene rings is 1. The summed E-state index contributed by atoms with van der Waals surface area (Å²) in [5, 5.41) is 21.9. The molecule has 2 unspecified atom stereocenters.